The van der Waals surface area contributed by atoms with Crippen LogP contribution < -0.4 is 5.32 Å². The second kappa shape index (κ2) is 7.44. The van der Waals surface area contributed by atoms with Gasteiger partial charge < -0.3 is 14.9 Å². The quantitative estimate of drug-likeness (QED) is 0.713. The summed E-state index contributed by atoms with van der Waals surface area (Å²) in [4.78, 5) is 8.68. The molecule has 0 fully saturated rings. The molecule has 6 nitrogen and oxygen atoms in total. The summed E-state index contributed by atoms with van der Waals surface area (Å²) >= 11 is 0. The Morgan fingerprint density at radius 3 is 2.72 bits per heavy atom. The van der Waals surface area contributed by atoms with Crippen molar-refractivity contribution in [3.8, 4) is 11.5 Å². The molecule has 0 aliphatic heterocycles. The van der Waals surface area contributed by atoms with Crippen molar-refractivity contribution in [2.24, 2.45) is 0 Å². The van der Waals surface area contributed by atoms with E-state index < -0.39 is 6.10 Å². The average Bonchev–Trinajstić information content (AvgIpc) is 3.11. The molecule has 2 heterocycles. The van der Waals surface area contributed by atoms with Gasteiger partial charge in [-0.2, -0.15) is 4.98 Å². The van der Waals surface area contributed by atoms with Crippen molar-refractivity contribution in [3.05, 3.63) is 59.5 Å². The van der Waals surface area contributed by atoms with Crippen LogP contribution in [0.15, 0.2) is 47.1 Å². The third-order valence-electron chi connectivity index (χ3n) is 3.99. The van der Waals surface area contributed by atoms with Gasteiger partial charge in [0.2, 0.25) is 0 Å². The van der Waals surface area contributed by atoms with E-state index in [0.717, 1.165) is 16.7 Å². The van der Waals surface area contributed by atoms with Crippen LogP contribution in [0.2, 0.25) is 0 Å². The monoisotopic (exact) mass is 338 g/mol. The van der Waals surface area contributed by atoms with E-state index in [1.165, 1.54) is 0 Å². The first kappa shape index (κ1) is 17.1. The van der Waals surface area contributed by atoms with E-state index in [1.54, 1.807) is 6.20 Å². The fourth-order valence-corrected chi connectivity index (χ4v) is 2.52. The van der Waals surface area contributed by atoms with Gasteiger partial charge in [0.1, 0.15) is 5.82 Å². The summed E-state index contributed by atoms with van der Waals surface area (Å²) in [6.45, 7) is 6.38. The smallest absolute Gasteiger partial charge is 0.258 e. The molecule has 2 aromatic heterocycles. The van der Waals surface area contributed by atoms with Crippen LogP contribution in [-0.2, 0) is 0 Å². The molecule has 1 unspecified atom stereocenters. The Labute approximate surface area is 146 Å². The third kappa shape index (κ3) is 4.03. The number of anilines is 1. The van der Waals surface area contributed by atoms with E-state index >= 15 is 0 Å². The van der Waals surface area contributed by atoms with E-state index in [0.29, 0.717) is 24.1 Å². The maximum absolute atomic E-state index is 10.4. The Kier molecular flexibility index (Phi) is 5.09. The highest BCUT2D eigenvalue weighted by Gasteiger charge is 2.13. The van der Waals surface area contributed by atoms with Crippen LogP contribution in [-0.4, -0.2) is 26.8 Å². The van der Waals surface area contributed by atoms with Crippen molar-refractivity contribution < 1.29 is 9.63 Å². The molecule has 0 aliphatic carbocycles. The maximum Gasteiger partial charge on any atom is 0.258 e. The summed E-state index contributed by atoms with van der Waals surface area (Å²) in [5.74, 6) is 2.00. The number of aliphatic hydroxyl groups excluding tert-OH is 1. The van der Waals surface area contributed by atoms with E-state index in [9.17, 15) is 5.11 Å². The zero-order valence-electron chi connectivity index (χ0n) is 14.6. The lowest BCUT2D eigenvalue weighted by Gasteiger charge is -2.15. The molecule has 3 aromatic rings. The maximum atomic E-state index is 10.4. The molecule has 6 heteroatoms. The number of nitrogens with one attached hydrogen (secondary N) is 1. The summed E-state index contributed by atoms with van der Waals surface area (Å²) in [5.41, 5.74) is 2.76. The highest BCUT2D eigenvalue weighted by molar-refractivity contribution is 5.57. The Bertz CT molecular complexity index is 845. The van der Waals surface area contributed by atoms with Crippen LogP contribution in [0.5, 0.6) is 0 Å². The lowest BCUT2D eigenvalue weighted by Crippen LogP contribution is -2.13. The predicted molar refractivity (Wildman–Crippen MR) is 96.2 cm³/mol. The molecule has 1 atom stereocenters. The van der Waals surface area contributed by atoms with E-state index in [-0.39, 0.29) is 5.92 Å². The van der Waals surface area contributed by atoms with Crippen molar-refractivity contribution >= 4 is 5.82 Å². The normalized spacial score (nSPS) is 12.4. The van der Waals surface area contributed by atoms with E-state index in [1.807, 2.05) is 57.2 Å². The van der Waals surface area contributed by atoms with Crippen LogP contribution in [0.25, 0.3) is 11.5 Å². The van der Waals surface area contributed by atoms with Gasteiger partial charge in [0.05, 0.1) is 6.10 Å². The molecule has 0 aliphatic rings. The number of aryl methyl sites for hydroxylation is 1. The highest BCUT2D eigenvalue weighted by atomic mass is 16.5. The first-order valence-corrected chi connectivity index (χ1v) is 8.32. The lowest BCUT2D eigenvalue weighted by atomic mass is 10.0. The van der Waals surface area contributed by atoms with Gasteiger partial charge in [-0.15, -0.1) is 0 Å². The third-order valence-corrected chi connectivity index (χ3v) is 3.99. The van der Waals surface area contributed by atoms with Crippen LogP contribution in [0.3, 0.4) is 0 Å². The van der Waals surface area contributed by atoms with Gasteiger partial charge in [0.25, 0.3) is 5.89 Å². The Morgan fingerprint density at radius 1 is 1.20 bits per heavy atom. The van der Waals surface area contributed by atoms with Gasteiger partial charge in [-0.05, 0) is 30.2 Å². The van der Waals surface area contributed by atoms with Crippen LogP contribution in [0.4, 0.5) is 5.82 Å². The van der Waals surface area contributed by atoms with Crippen molar-refractivity contribution in [2.75, 3.05) is 11.9 Å². The zero-order chi connectivity index (χ0) is 17.8. The number of aromatic nitrogens is 3. The molecule has 0 bridgehead atoms. The minimum absolute atomic E-state index is 0.209. The Hall–Kier alpha value is -2.73. The second-order valence-corrected chi connectivity index (χ2v) is 6.30. The molecule has 2 N–H and O–H groups in total. The molecular weight excluding hydrogens is 316 g/mol. The summed E-state index contributed by atoms with van der Waals surface area (Å²) in [5, 5.41) is 17.5. The number of nitrogens with zero attached hydrogens (tertiary/aromatic N) is 3. The average molecular weight is 338 g/mol. The van der Waals surface area contributed by atoms with Gasteiger partial charge in [0, 0.05) is 24.2 Å². The fourth-order valence-electron chi connectivity index (χ4n) is 2.52. The van der Waals surface area contributed by atoms with Gasteiger partial charge in [0.15, 0.2) is 5.82 Å². The summed E-state index contributed by atoms with van der Waals surface area (Å²) in [6, 6.07) is 11.5. The molecular formula is C19H22N4O2. The molecule has 0 amide bonds. The van der Waals surface area contributed by atoms with Crippen LogP contribution in [0, 0.1) is 6.92 Å². The van der Waals surface area contributed by atoms with Crippen molar-refractivity contribution in [3.63, 3.8) is 0 Å². The van der Waals surface area contributed by atoms with Gasteiger partial charge in [-0.25, -0.2) is 4.98 Å². The molecule has 0 saturated heterocycles. The molecule has 0 saturated carbocycles. The predicted octanol–water partition coefficient (Wildman–Crippen LogP) is 3.71. The minimum atomic E-state index is -0.609. The topological polar surface area (TPSA) is 84.1 Å². The highest BCUT2D eigenvalue weighted by Crippen LogP contribution is 2.22. The van der Waals surface area contributed by atoms with Crippen molar-refractivity contribution in [1.29, 1.82) is 0 Å². The van der Waals surface area contributed by atoms with Crippen LogP contribution >= 0.6 is 0 Å². The van der Waals surface area contributed by atoms with E-state index in [4.69, 9.17) is 4.52 Å². The second-order valence-electron chi connectivity index (χ2n) is 6.30. The Morgan fingerprint density at radius 2 is 2.00 bits per heavy atom. The van der Waals surface area contributed by atoms with Gasteiger partial charge in [-0.3, -0.25) is 0 Å². The zero-order valence-corrected chi connectivity index (χ0v) is 14.6. The summed E-state index contributed by atoms with van der Waals surface area (Å²) < 4.78 is 5.31. The first-order valence-electron chi connectivity index (χ1n) is 8.32. The molecule has 1 aromatic carbocycles. The lowest BCUT2D eigenvalue weighted by molar-refractivity contribution is 0.191. The number of aliphatic hydroxyl groups is 1. The molecule has 0 spiro atoms. The number of benzene rings is 1. The molecule has 3 rings (SSSR count). The fraction of sp³-hybridized carbons (Fsp3) is 0.316. The van der Waals surface area contributed by atoms with Crippen molar-refractivity contribution in [1.82, 2.24) is 15.1 Å². The Balaban J connectivity index is 1.70. The number of hydrogen-bond donors (Lipinski definition) is 2. The molecule has 130 valence electrons. The van der Waals surface area contributed by atoms with Gasteiger partial charge >= 0.3 is 0 Å². The first-order chi connectivity index (χ1) is 12.0. The summed E-state index contributed by atoms with van der Waals surface area (Å²) in [7, 11) is 0. The largest absolute Gasteiger partial charge is 0.387 e. The minimum Gasteiger partial charge on any atom is -0.387 e. The van der Waals surface area contributed by atoms with Crippen LogP contribution in [0.1, 0.15) is 42.8 Å². The number of pyridine rings is 1. The number of hydrogen-bond acceptors (Lipinski definition) is 6. The standard InChI is InChI=1S/C19H22N4O2/c1-12(2)18-22-19(25-23-18)14-8-9-20-17(10-14)21-11-16(24)15-7-5-4-6-13(15)3/h4-10,12,16,24H,11H2,1-3H3,(H,20,21). The van der Waals surface area contributed by atoms with E-state index in [2.05, 4.69) is 20.4 Å². The van der Waals surface area contributed by atoms with Gasteiger partial charge in [-0.1, -0.05) is 43.3 Å². The molecule has 0 radical (unpaired) electrons. The SMILES string of the molecule is Cc1ccccc1C(O)CNc1cc(-c2nc(C(C)C)no2)ccn1. The van der Waals surface area contributed by atoms with Crippen molar-refractivity contribution in [2.45, 2.75) is 32.8 Å². The molecule has 25 heavy (non-hydrogen) atoms. The summed E-state index contributed by atoms with van der Waals surface area (Å²) in [6.07, 6.45) is 1.07. The number of rotatable bonds is 6.